The lowest BCUT2D eigenvalue weighted by Gasteiger charge is -1.97. The Morgan fingerprint density at radius 1 is 1.36 bits per heavy atom. The smallest absolute Gasteiger partial charge is 0.183 e. The van der Waals surface area contributed by atoms with Gasteiger partial charge in [-0.05, 0) is 29.5 Å². The molecule has 0 aliphatic carbocycles. The van der Waals surface area contributed by atoms with Crippen molar-refractivity contribution in [2.75, 3.05) is 5.32 Å². The van der Waals surface area contributed by atoms with Crippen LogP contribution < -0.4 is 5.32 Å². The highest BCUT2D eigenvalue weighted by molar-refractivity contribution is 14.1. The van der Waals surface area contributed by atoms with Crippen LogP contribution in [0.2, 0.25) is 0 Å². The van der Waals surface area contributed by atoms with Crippen LogP contribution in [-0.2, 0) is 6.54 Å². The maximum Gasteiger partial charge on any atom is 0.183 e. The van der Waals surface area contributed by atoms with Crippen LogP contribution in [0.4, 0.5) is 5.13 Å². The van der Waals surface area contributed by atoms with E-state index in [9.17, 15) is 0 Å². The second-order valence-electron chi connectivity index (χ2n) is 2.69. The molecule has 0 saturated heterocycles. The topological polar surface area (TPSA) is 37.8 Å². The minimum atomic E-state index is 0.765. The van der Waals surface area contributed by atoms with Gasteiger partial charge in [0, 0.05) is 11.1 Å². The zero-order valence-corrected chi connectivity index (χ0v) is 11.2. The number of thiazole rings is 2. The van der Waals surface area contributed by atoms with Crippen molar-refractivity contribution in [2.45, 2.75) is 13.5 Å². The standard InChI is InChI=1S/C8H8IN3S2/c1-5-2-11-8(13-5)12-4-7-10-3-6(9)14-7/h2-3H,4H2,1H3,(H,11,12). The first-order valence-electron chi connectivity index (χ1n) is 4.00. The third-order valence-electron chi connectivity index (χ3n) is 1.54. The van der Waals surface area contributed by atoms with Crippen LogP contribution in [0.5, 0.6) is 0 Å². The average Bonchev–Trinajstić information content (AvgIpc) is 2.72. The zero-order valence-electron chi connectivity index (χ0n) is 7.45. The van der Waals surface area contributed by atoms with Crippen LogP contribution in [0.3, 0.4) is 0 Å². The number of nitrogens with one attached hydrogen (secondary N) is 1. The molecule has 0 amide bonds. The van der Waals surface area contributed by atoms with Gasteiger partial charge in [-0.2, -0.15) is 0 Å². The molecule has 14 heavy (non-hydrogen) atoms. The summed E-state index contributed by atoms with van der Waals surface area (Å²) < 4.78 is 1.22. The highest BCUT2D eigenvalue weighted by atomic mass is 127. The molecule has 0 radical (unpaired) electrons. The van der Waals surface area contributed by atoms with E-state index >= 15 is 0 Å². The van der Waals surface area contributed by atoms with E-state index < -0.39 is 0 Å². The molecule has 0 aliphatic rings. The molecule has 1 N–H and O–H groups in total. The predicted molar refractivity (Wildman–Crippen MR) is 69.0 cm³/mol. The molecule has 3 nitrogen and oxygen atoms in total. The Bertz CT molecular complexity index is 383. The molecule has 0 fully saturated rings. The maximum atomic E-state index is 4.26. The Hall–Kier alpha value is -0.210. The van der Waals surface area contributed by atoms with Gasteiger partial charge in [-0.15, -0.1) is 22.7 Å². The van der Waals surface area contributed by atoms with Gasteiger partial charge in [0.1, 0.15) is 5.01 Å². The minimum absolute atomic E-state index is 0.765. The second-order valence-corrected chi connectivity index (χ2v) is 6.93. The Labute approximate surface area is 104 Å². The first-order chi connectivity index (χ1) is 6.74. The van der Waals surface area contributed by atoms with E-state index in [-0.39, 0.29) is 0 Å². The monoisotopic (exact) mass is 337 g/mol. The van der Waals surface area contributed by atoms with Crippen molar-refractivity contribution in [2.24, 2.45) is 0 Å². The Morgan fingerprint density at radius 2 is 2.21 bits per heavy atom. The Kier molecular flexibility index (Phi) is 3.34. The van der Waals surface area contributed by atoms with Crippen LogP contribution in [-0.4, -0.2) is 9.97 Å². The van der Waals surface area contributed by atoms with Gasteiger partial charge in [0.25, 0.3) is 0 Å². The molecule has 0 atom stereocenters. The van der Waals surface area contributed by atoms with Crippen molar-refractivity contribution in [1.29, 1.82) is 0 Å². The van der Waals surface area contributed by atoms with Crippen LogP contribution in [0, 0.1) is 9.81 Å². The summed E-state index contributed by atoms with van der Waals surface area (Å²) in [4.78, 5) is 9.71. The summed E-state index contributed by atoms with van der Waals surface area (Å²) in [6.07, 6.45) is 3.76. The molecule has 74 valence electrons. The number of nitrogens with zero attached hydrogens (tertiary/aromatic N) is 2. The summed E-state index contributed by atoms with van der Waals surface area (Å²) in [5, 5.41) is 5.31. The number of rotatable bonds is 3. The van der Waals surface area contributed by atoms with Crippen molar-refractivity contribution in [3.05, 3.63) is 25.2 Å². The molecule has 0 aromatic carbocycles. The lowest BCUT2D eigenvalue weighted by molar-refractivity contribution is 1.09. The van der Waals surface area contributed by atoms with Crippen molar-refractivity contribution in [1.82, 2.24) is 9.97 Å². The van der Waals surface area contributed by atoms with E-state index in [0.717, 1.165) is 16.7 Å². The second kappa shape index (κ2) is 4.54. The number of hydrogen-bond donors (Lipinski definition) is 1. The molecule has 6 heteroatoms. The average molecular weight is 337 g/mol. The number of aryl methyl sites for hydroxylation is 1. The molecular formula is C8H8IN3S2. The lowest BCUT2D eigenvalue weighted by atomic mass is 10.6. The van der Waals surface area contributed by atoms with Crippen LogP contribution in [0.25, 0.3) is 0 Å². The van der Waals surface area contributed by atoms with Gasteiger partial charge in [-0.25, -0.2) is 9.97 Å². The van der Waals surface area contributed by atoms with Gasteiger partial charge in [-0.3, -0.25) is 0 Å². The van der Waals surface area contributed by atoms with Crippen LogP contribution in [0.1, 0.15) is 9.88 Å². The number of anilines is 1. The first kappa shape index (κ1) is 10.3. The summed E-state index contributed by atoms with van der Waals surface area (Å²) >= 11 is 5.64. The first-order valence-corrected chi connectivity index (χ1v) is 6.72. The quantitative estimate of drug-likeness (QED) is 0.875. The molecule has 2 aromatic rings. The molecule has 2 heterocycles. The molecule has 0 spiro atoms. The van der Waals surface area contributed by atoms with Gasteiger partial charge in [-0.1, -0.05) is 0 Å². The molecule has 2 rings (SSSR count). The van der Waals surface area contributed by atoms with Crippen molar-refractivity contribution >= 4 is 50.4 Å². The fraction of sp³-hybridized carbons (Fsp3) is 0.250. The third-order valence-corrected chi connectivity index (χ3v) is 4.13. The van der Waals surface area contributed by atoms with Crippen molar-refractivity contribution in [3.8, 4) is 0 Å². The van der Waals surface area contributed by atoms with E-state index in [1.165, 1.54) is 7.76 Å². The third kappa shape index (κ3) is 2.64. The summed E-state index contributed by atoms with van der Waals surface area (Å²) in [6, 6.07) is 0. The molecule has 0 aliphatic heterocycles. The van der Waals surface area contributed by atoms with E-state index in [1.54, 1.807) is 22.7 Å². The highest BCUT2D eigenvalue weighted by Crippen LogP contribution is 2.19. The van der Waals surface area contributed by atoms with Gasteiger partial charge < -0.3 is 5.32 Å². The maximum absolute atomic E-state index is 4.26. The lowest BCUT2D eigenvalue weighted by Crippen LogP contribution is -1.97. The largest absolute Gasteiger partial charge is 0.355 e. The molecule has 2 aromatic heterocycles. The fourth-order valence-electron chi connectivity index (χ4n) is 0.957. The normalized spacial score (nSPS) is 10.4. The molecule has 0 unspecified atom stereocenters. The summed E-state index contributed by atoms with van der Waals surface area (Å²) in [5.74, 6) is 0. The SMILES string of the molecule is Cc1cnc(NCc2ncc(I)s2)s1. The van der Waals surface area contributed by atoms with Gasteiger partial charge >= 0.3 is 0 Å². The Balaban J connectivity index is 1.94. The van der Waals surface area contributed by atoms with Crippen molar-refractivity contribution < 1.29 is 0 Å². The molecule has 0 bridgehead atoms. The Morgan fingerprint density at radius 3 is 2.79 bits per heavy atom. The van der Waals surface area contributed by atoms with Crippen LogP contribution >= 0.6 is 45.3 Å². The van der Waals surface area contributed by atoms with Gasteiger partial charge in [0.05, 0.1) is 15.6 Å². The van der Waals surface area contributed by atoms with E-state index in [2.05, 4.69) is 44.8 Å². The van der Waals surface area contributed by atoms with Crippen LogP contribution in [0.15, 0.2) is 12.4 Å². The van der Waals surface area contributed by atoms with Gasteiger partial charge in [0.15, 0.2) is 5.13 Å². The molecule has 0 saturated carbocycles. The summed E-state index contributed by atoms with van der Waals surface area (Å²) in [5.41, 5.74) is 0. The minimum Gasteiger partial charge on any atom is -0.355 e. The highest BCUT2D eigenvalue weighted by Gasteiger charge is 2.01. The number of aromatic nitrogens is 2. The summed E-state index contributed by atoms with van der Waals surface area (Å²) in [6.45, 7) is 2.82. The number of hydrogen-bond acceptors (Lipinski definition) is 5. The van der Waals surface area contributed by atoms with E-state index in [0.29, 0.717) is 0 Å². The van der Waals surface area contributed by atoms with Crippen molar-refractivity contribution in [3.63, 3.8) is 0 Å². The zero-order chi connectivity index (χ0) is 9.97. The van der Waals surface area contributed by atoms with E-state index in [4.69, 9.17) is 0 Å². The van der Waals surface area contributed by atoms with Gasteiger partial charge in [0.2, 0.25) is 0 Å². The fourth-order valence-corrected chi connectivity index (χ4v) is 3.10. The number of halogens is 1. The molecular weight excluding hydrogens is 329 g/mol. The predicted octanol–water partition coefficient (Wildman–Crippen LogP) is 3.12. The summed E-state index contributed by atoms with van der Waals surface area (Å²) in [7, 11) is 0. The van der Waals surface area contributed by atoms with E-state index in [1.807, 2.05) is 12.4 Å².